The van der Waals surface area contributed by atoms with Gasteiger partial charge in [0.05, 0.1) is 5.69 Å². The van der Waals surface area contributed by atoms with E-state index in [-0.39, 0.29) is 5.66 Å². The highest BCUT2D eigenvalue weighted by molar-refractivity contribution is 5.77. The van der Waals surface area contributed by atoms with Crippen LogP contribution in [0, 0.1) is 13.8 Å². The summed E-state index contributed by atoms with van der Waals surface area (Å²) in [6.45, 7) is 9.55. The van der Waals surface area contributed by atoms with Crippen molar-refractivity contribution in [2.45, 2.75) is 46.3 Å². The molecule has 4 heteroatoms. The van der Waals surface area contributed by atoms with Crippen LogP contribution in [0.25, 0.3) is 0 Å². The van der Waals surface area contributed by atoms with Gasteiger partial charge in [-0.15, -0.1) is 0 Å². The lowest BCUT2D eigenvalue weighted by atomic mass is 10.1. The molecule has 0 radical (unpaired) electrons. The number of pyridine rings is 1. The van der Waals surface area contributed by atoms with Crippen molar-refractivity contribution in [2.75, 3.05) is 22.6 Å². The lowest BCUT2D eigenvalue weighted by Gasteiger charge is -2.36. The molecule has 0 saturated heterocycles. The second-order valence-electron chi connectivity index (χ2n) is 6.56. The van der Waals surface area contributed by atoms with Crippen molar-refractivity contribution in [1.82, 2.24) is 4.98 Å². The van der Waals surface area contributed by atoms with Crippen molar-refractivity contribution >= 4 is 17.2 Å². The van der Waals surface area contributed by atoms with Gasteiger partial charge in [-0.25, -0.2) is 4.98 Å². The first-order chi connectivity index (χ1) is 11.0. The molecule has 2 heterocycles. The Morgan fingerprint density at radius 1 is 1.22 bits per heavy atom. The predicted octanol–water partition coefficient (Wildman–Crippen LogP) is 4.30. The highest BCUT2D eigenvalue weighted by Gasteiger charge is 2.39. The molecule has 0 aliphatic carbocycles. The average molecular weight is 310 g/mol. The molecule has 1 aromatic heterocycles. The zero-order chi connectivity index (χ0) is 16.6. The molecule has 1 aliphatic heterocycles. The number of aryl methyl sites for hydroxylation is 2. The number of nitrogens with zero attached hydrogens (tertiary/aromatic N) is 2. The van der Waals surface area contributed by atoms with E-state index < -0.39 is 0 Å². The highest BCUT2D eigenvalue weighted by Crippen LogP contribution is 2.43. The topological polar surface area (TPSA) is 40.2 Å². The molecule has 2 aromatic rings. The number of hydrogen-bond donors (Lipinski definition) is 2. The molecular formula is C19H26N4. The average Bonchev–Trinajstić information content (AvgIpc) is 2.82. The SMILES string of the molecule is CCC1(C)Nc2c(C)cc(C)nc2N1Cc1ccc(NC)cc1. The first kappa shape index (κ1) is 15.7. The van der Waals surface area contributed by atoms with E-state index in [1.54, 1.807) is 0 Å². The number of hydrogen-bond acceptors (Lipinski definition) is 4. The Kier molecular flexibility index (Phi) is 3.92. The molecule has 0 fully saturated rings. The molecule has 1 aliphatic rings. The van der Waals surface area contributed by atoms with Crippen LogP contribution in [0.15, 0.2) is 30.3 Å². The van der Waals surface area contributed by atoms with Gasteiger partial charge in [0.25, 0.3) is 0 Å². The summed E-state index contributed by atoms with van der Waals surface area (Å²) in [6, 6.07) is 10.8. The van der Waals surface area contributed by atoms with Crippen molar-refractivity contribution in [3.8, 4) is 0 Å². The van der Waals surface area contributed by atoms with Gasteiger partial charge in [0.1, 0.15) is 5.66 Å². The third-order valence-corrected chi connectivity index (χ3v) is 4.84. The van der Waals surface area contributed by atoms with Crippen LogP contribution in [0.2, 0.25) is 0 Å². The van der Waals surface area contributed by atoms with Crippen molar-refractivity contribution in [2.24, 2.45) is 0 Å². The van der Waals surface area contributed by atoms with Crippen LogP contribution >= 0.6 is 0 Å². The summed E-state index contributed by atoms with van der Waals surface area (Å²) in [6.07, 6.45) is 1.01. The van der Waals surface area contributed by atoms with E-state index in [9.17, 15) is 0 Å². The predicted molar refractivity (Wildman–Crippen MR) is 98.2 cm³/mol. The lowest BCUT2D eigenvalue weighted by Crippen LogP contribution is -2.47. The van der Waals surface area contributed by atoms with Gasteiger partial charge in [0.15, 0.2) is 5.82 Å². The van der Waals surface area contributed by atoms with E-state index in [2.05, 4.69) is 73.6 Å². The third-order valence-electron chi connectivity index (χ3n) is 4.84. The Morgan fingerprint density at radius 3 is 2.52 bits per heavy atom. The quantitative estimate of drug-likeness (QED) is 0.883. The van der Waals surface area contributed by atoms with Crippen LogP contribution < -0.4 is 15.5 Å². The molecule has 23 heavy (non-hydrogen) atoms. The minimum Gasteiger partial charge on any atom is -0.388 e. The van der Waals surface area contributed by atoms with E-state index in [1.165, 1.54) is 16.8 Å². The summed E-state index contributed by atoms with van der Waals surface area (Å²) in [5, 5.41) is 6.87. The number of anilines is 3. The van der Waals surface area contributed by atoms with Gasteiger partial charge in [-0.3, -0.25) is 0 Å². The zero-order valence-electron chi connectivity index (χ0n) is 14.7. The van der Waals surface area contributed by atoms with Gasteiger partial charge in [0, 0.05) is 25.0 Å². The van der Waals surface area contributed by atoms with Gasteiger partial charge in [-0.05, 0) is 56.5 Å². The largest absolute Gasteiger partial charge is 0.388 e. The number of nitrogens with one attached hydrogen (secondary N) is 2. The van der Waals surface area contributed by atoms with Crippen LogP contribution in [0.1, 0.15) is 37.1 Å². The third kappa shape index (κ3) is 2.74. The molecule has 2 N–H and O–H groups in total. The van der Waals surface area contributed by atoms with E-state index in [1.807, 2.05) is 7.05 Å². The summed E-state index contributed by atoms with van der Waals surface area (Å²) < 4.78 is 0. The maximum atomic E-state index is 4.82. The van der Waals surface area contributed by atoms with Crippen molar-refractivity contribution in [1.29, 1.82) is 0 Å². The van der Waals surface area contributed by atoms with Gasteiger partial charge >= 0.3 is 0 Å². The fourth-order valence-electron chi connectivity index (χ4n) is 3.23. The highest BCUT2D eigenvalue weighted by atomic mass is 15.4. The molecule has 122 valence electrons. The van der Waals surface area contributed by atoms with Gasteiger partial charge in [-0.2, -0.15) is 0 Å². The lowest BCUT2D eigenvalue weighted by molar-refractivity contribution is 0.472. The molecule has 0 bridgehead atoms. The van der Waals surface area contributed by atoms with Crippen LogP contribution in [0.5, 0.6) is 0 Å². The fourth-order valence-corrected chi connectivity index (χ4v) is 3.23. The Labute approximate surface area is 138 Å². The van der Waals surface area contributed by atoms with Crippen LogP contribution in [-0.2, 0) is 6.54 Å². The first-order valence-corrected chi connectivity index (χ1v) is 8.27. The van der Waals surface area contributed by atoms with Crippen molar-refractivity contribution in [3.05, 3.63) is 47.2 Å². The molecule has 1 aromatic carbocycles. The van der Waals surface area contributed by atoms with Gasteiger partial charge in [0.2, 0.25) is 0 Å². The number of aromatic nitrogens is 1. The Bertz CT molecular complexity index is 708. The number of fused-ring (bicyclic) bond motifs is 1. The monoisotopic (exact) mass is 310 g/mol. The molecule has 1 unspecified atom stereocenters. The minimum atomic E-state index is -0.102. The Balaban J connectivity index is 1.98. The molecule has 1 atom stereocenters. The van der Waals surface area contributed by atoms with Crippen LogP contribution in [-0.4, -0.2) is 17.7 Å². The summed E-state index contributed by atoms with van der Waals surface area (Å²) in [5.41, 5.74) is 5.83. The maximum Gasteiger partial charge on any atom is 0.154 e. The fraction of sp³-hybridized carbons (Fsp3) is 0.421. The Hall–Kier alpha value is -2.23. The van der Waals surface area contributed by atoms with Gasteiger partial charge in [-0.1, -0.05) is 19.1 Å². The normalized spacial score (nSPS) is 19.4. The molecular weight excluding hydrogens is 284 g/mol. The molecule has 0 amide bonds. The second-order valence-corrected chi connectivity index (χ2v) is 6.56. The molecule has 3 rings (SSSR count). The van der Waals surface area contributed by atoms with Gasteiger partial charge < -0.3 is 15.5 Å². The molecule has 0 spiro atoms. The summed E-state index contributed by atoms with van der Waals surface area (Å²) in [4.78, 5) is 7.22. The second kappa shape index (κ2) is 5.76. The number of benzene rings is 1. The standard InChI is InChI=1S/C19H26N4/c1-6-19(4)22-17-13(2)11-14(3)21-18(17)23(19)12-15-7-9-16(20-5)10-8-15/h7-11,20,22H,6,12H2,1-5H3. The van der Waals surface area contributed by atoms with Crippen molar-refractivity contribution in [3.63, 3.8) is 0 Å². The smallest absolute Gasteiger partial charge is 0.154 e. The van der Waals surface area contributed by atoms with E-state index in [0.29, 0.717) is 0 Å². The minimum absolute atomic E-state index is 0.102. The first-order valence-electron chi connectivity index (χ1n) is 8.27. The number of rotatable bonds is 4. The molecule has 4 nitrogen and oxygen atoms in total. The van der Waals surface area contributed by atoms with E-state index in [4.69, 9.17) is 4.98 Å². The van der Waals surface area contributed by atoms with Crippen molar-refractivity contribution < 1.29 is 0 Å². The maximum absolute atomic E-state index is 4.82. The Morgan fingerprint density at radius 2 is 1.91 bits per heavy atom. The molecule has 0 saturated carbocycles. The van der Waals surface area contributed by atoms with Crippen LogP contribution in [0.4, 0.5) is 17.2 Å². The zero-order valence-corrected chi connectivity index (χ0v) is 14.7. The van der Waals surface area contributed by atoms with Crippen LogP contribution in [0.3, 0.4) is 0 Å². The summed E-state index contributed by atoms with van der Waals surface area (Å²) in [7, 11) is 1.94. The summed E-state index contributed by atoms with van der Waals surface area (Å²) in [5.74, 6) is 1.07. The van der Waals surface area contributed by atoms with E-state index in [0.717, 1.165) is 30.2 Å². The van der Waals surface area contributed by atoms with E-state index >= 15 is 0 Å². The summed E-state index contributed by atoms with van der Waals surface area (Å²) >= 11 is 0.